The van der Waals surface area contributed by atoms with Crippen molar-refractivity contribution >= 4 is 28.5 Å². The first kappa shape index (κ1) is 12.8. The third-order valence-electron chi connectivity index (χ3n) is 3.10. The van der Waals surface area contributed by atoms with Crippen LogP contribution in [0.25, 0.3) is 0 Å². The predicted molar refractivity (Wildman–Crippen MR) is 77.2 cm³/mol. The average Bonchev–Trinajstić information content (AvgIpc) is 2.54. The van der Waals surface area contributed by atoms with Gasteiger partial charge >= 0.3 is 0 Å². The monoisotopic (exact) mass is 344 g/mol. The molecular formula is C13H17IN2O. The van der Waals surface area contributed by atoms with E-state index in [0.29, 0.717) is 0 Å². The standard InChI is InChI=1S/C13H17IN2O/c1-15-7-2-8-16(10-9-15)13(17)11-3-5-12(14)6-4-11/h3-6H,2,7-10H2,1H3. The Balaban J connectivity index is 2.06. The summed E-state index contributed by atoms with van der Waals surface area (Å²) in [5.74, 6) is 0.164. The molecular weight excluding hydrogens is 327 g/mol. The molecule has 1 aromatic carbocycles. The Bertz CT molecular complexity index is 391. The number of halogens is 1. The number of hydrogen-bond donors (Lipinski definition) is 0. The van der Waals surface area contributed by atoms with Crippen LogP contribution in [0.3, 0.4) is 0 Å². The molecule has 0 unspecified atom stereocenters. The zero-order valence-corrected chi connectivity index (χ0v) is 12.2. The normalized spacial score (nSPS) is 17.9. The Hall–Kier alpha value is -0.620. The molecule has 92 valence electrons. The highest BCUT2D eigenvalue weighted by molar-refractivity contribution is 14.1. The number of amides is 1. The molecule has 4 heteroatoms. The summed E-state index contributed by atoms with van der Waals surface area (Å²) in [6.07, 6.45) is 1.06. The maximum atomic E-state index is 12.3. The van der Waals surface area contributed by atoms with Gasteiger partial charge in [-0.3, -0.25) is 4.79 Å². The first-order valence-corrected chi connectivity index (χ1v) is 6.98. The molecule has 3 nitrogen and oxygen atoms in total. The quantitative estimate of drug-likeness (QED) is 0.729. The van der Waals surface area contributed by atoms with Crippen molar-refractivity contribution in [1.82, 2.24) is 9.80 Å². The van der Waals surface area contributed by atoms with Crippen molar-refractivity contribution in [1.29, 1.82) is 0 Å². The van der Waals surface area contributed by atoms with Crippen LogP contribution in [0.1, 0.15) is 16.8 Å². The van der Waals surface area contributed by atoms with Crippen LogP contribution in [0.2, 0.25) is 0 Å². The summed E-state index contributed by atoms with van der Waals surface area (Å²) >= 11 is 2.25. The molecule has 2 rings (SSSR count). The Labute approximate surface area is 116 Å². The highest BCUT2D eigenvalue weighted by atomic mass is 127. The molecule has 1 aliphatic heterocycles. The molecule has 0 N–H and O–H groups in total. The van der Waals surface area contributed by atoms with E-state index in [-0.39, 0.29) is 5.91 Å². The lowest BCUT2D eigenvalue weighted by atomic mass is 10.2. The minimum atomic E-state index is 0.164. The number of benzene rings is 1. The summed E-state index contributed by atoms with van der Waals surface area (Å²) < 4.78 is 1.16. The van der Waals surface area contributed by atoms with Crippen molar-refractivity contribution in [2.45, 2.75) is 6.42 Å². The summed E-state index contributed by atoms with van der Waals surface area (Å²) in [6, 6.07) is 7.80. The van der Waals surface area contributed by atoms with Gasteiger partial charge < -0.3 is 9.80 Å². The minimum absolute atomic E-state index is 0.164. The van der Waals surface area contributed by atoms with Gasteiger partial charge in [0.1, 0.15) is 0 Å². The van der Waals surface area contributed by atoms with Crippen molar-refractivity contribution in [3.8, 4) is 0 Å². The first-order valence-electron chi connectivity index (χ1n) is 5.90. The second-order valence-corrected chi connectivity index (χ2v) is 5.70. The van der Waals surface area contributed by atoms with E-state index in [1.54, 1.807) is 0 Å². The van der Waals surface area contributed by atoms with Crippen LogP contribution in [-0.4, -0.2) is 48.9 Å². The number of carbonyl (C=O) groups excluding carboxylic acids is 1. The third-order valence-corrected chi connectivity index (χ3v) is 3.82. The maximum Gasteiger partial charge on any atom is 0.253 e. The van der Waals surface area contributed by atoms with Gasteiger partial charge in [-0.25, -0.2) is 0 Å². The second kappa shape index (κ2) is 5.82. The van der Waals surface area contributed by atoms with Crippen molar-refractivity contribution in [3.05, 3.63) is 33.4 Å². The van der Waals surface area contributed by atoms with Crippen LogP contribution in [0.5, 0.6) is 0 Å². The fourth-order valence-electron chi connectivity index (χ4n) is 2.02. The molecule has 0 atom stereocenters. The average molecular weight is 344 g/mol. The summed E-state index contributed by atoms with van der Waals surface area (Å²) in [5.41, 5.74) is 0.801. The van der Waals surface area contributed by atoms with Crippen LogP contribution >= 0.6 is 22.6 Å². The maximum absolute atomic E-state index is 12.3. The van der Waals surface area contributed by atoms with Gasteiger partial charge in [-0.05, 0) is 66.9 Å². The molecule has 0 spiro atoms. The third kappa shape index (κ3) is 3.42. The van der Waals surface area contributed by atoms with Crippen molar-refractivity contribution in [3.63, 3.8) is 0 Å². The Kier molecular flexibility index (Phi) is 4.39. The van der Waals surface area contributed by atoms with Gasteiger partial charge in [0.2, 0.25) is 0 Å². The highest BCUT2D eigenvalue weighted by Gasteiger charge is 2.18. The van der Waals surface area contributed by atoms with Gasteiger partial charge in [-0.15, -0.1) is 0 Å². The molecule has 1 amide bonds. The smallest absolute Gasteiger partial charge is 0.253 e. The van der Waals surface area contributed by atoms with E-state index in [2.05, 4.69) is 34.5 Å². The van der Waals surface area contributed by atoms with Gasteiger partial charge in [0.05, 0.1) is 0 Å². The van der Waals surface area contributed by atoms with Crippen LogP contribution in [0, 0.1) is 3.57 Å². The molecule has 17 heavy (non-hydrogen) atoms. The zero-order chi connectivity index (χ0) is 12.3. The lowest BCUT2D eigenvalue weighted by Gasteiger charge is -2.20. The van der Waals surface area contributed by atoms with Gasteiger partial charge in [-0.1, -0.05) is 0 Å². The molecule has 1 aromatic rings. The lowest BCUT2D eigenvalue weighted by Crippen LogP contribution is -2.34. The van der Waals surface area contributed by atoms with Crippen LogP contribution in [0.15, 0.2) is 24.3 Å². The largest absolute Gasteiger partial charge is 0.337 e. The van der Waals surface area contributed by atoms with Crippen LogP contribution in [0.4, 0.5) is 0 Å². The van der Waals surface area contributed by atoms with E-state index in [1.165, 1.54) is 0 Å². The van der Waals surface area contributed by atoms with E-state index >= 15 is 0 Å². The molecule has 1 fully saturated rings. The molecule has 1 aliphatic rings. The number of likely N-dealkylation sites (N-methyl/N-ethyl adjacent to an activating group) is 1. The Morgan fingerprint density at radius 3 is 2.53 bits per heavy atom. The molecule has 1 heterocycles. The molecule has 0 bridgehead atoms. The zero-order valence-electron chi connectivity index (χ0n) is 10.0. The summed E-state index contributed by atoms with van der Waals surface area (Å²) in [6.45, 7) is 3.75. The highest BCUT2D eigenvalue weighted by Crippen LogP contribution is 2.11. The minimum Gasteiger partial charge on any atom is -0.337 e. The Morgan fingerprint density at radius 1 is 1.12 bits per heavy atom. The van der Waals surface area contributed by atoms with Gasteiger partial charge in [0, 0.05) is 28.8 Å². The number of rotatable bonds is 1. The fraction of sp³-hybridized carbons (Fsp3) is 0.462. The molecule has 1 saturated heterocycles. The first-order chi connectivity index (χ1) is 8.16. The summed E-state index contributed by atoms with van der Waals surface area (Å²) in [7, 11) is 2.11. The van der Waals surface area contributed by atoms with Crippen molar-refractivity contribution < 1.29 is 4.79 Å². The van der Waals surface area contributed by atoms with Crippen molar-refractivity contribution in [2.75, 3.05) is 33.2 Å². The van der Waals surface area contributed by atoms with Gasteiger partial charge in [-0.2, -0.15) is 0 Å². The van der Waals surface area contributed by atoms with E-state index < -0.39 is 0 Å². The predicted octanol–water partition coefficient (Wildman–Crippen LogP) is 2.07. The Morgan fingerprint density at radius 2 is 1.82 bits per heavy atom. The number of carbonyl (C=O) groups is 1. The lowest BCUT2D eigenvalue weighted by molar-refractivity contribution is 0.0763. The molecule has 0 aromatic heterocycles. The van der Waals surface area contributed by atoms with E-state index in [4.69, 9.17) is 0 Å². The van der Waals surface area contributed by atoms with Crippen LogP contribution < -0.4 is 0 Å². The van der Waals surface area contributed by atoms with E-state index in [9.17, 15) is 4.79 Å². The van der Waals surface area contributed by atoms with Crippen LogP contribution in [-0.2, 0) is 0 Å². The van der Waals surface area contributed by atoms with Crippen molar-refractivity contribution in [2.24, 2.45) is 0 Å². The summed E-state index contributed by atoms with van der Waals surface area (Å²) in [4.78, 5) is 16.5. The molecule has 0 radical (unpaired) electrons. The second-order valence-electron chi connectivity index (χ2n) is 4.46. The summed E-state index contributed by atoms with van der Waals surface area (Å²) in [5, 5.41) is 0. The topological polar surface area (TPSA) is 23.6 Å². The number of hydrogen-bond acceptors (Lipinski definition) is 2. The fourth-order valence-corrected chi connectivity index (χ4v) is 2.38. The molecule has 0 aliphatic carbocycles. The van der Waals surface area contributed by atoms with Gasteiger partial charge in [0.25, 0.3) is 5.91 Å². The van der Waals surface area contributed by atoms with E-state index in [0.717, 1.165) is 41.7 Å². The van der Waals surface area contributed by atoms with E-state index in [1.807, 2.05) is 29.2 Å². The SMILES string of the molecule is CN1CCCN(C(=O)c2ccc(I)cc2)CC1. The number of nitrogens with zero attached hydrogens (tertiary/aromatic N) is 2. The molecule has 0 saturated carbocycles. The van der Waals surface area contributed by atoms with Gasteiger partial charge in [0.15, 0.2) is 0 Å².